The fraction of sp³-hybridized carbons (Fsp3) is 0. The van der Waals surface area contributed by atoms with Crippen molar-refractivity contribution in [1.29, 1.82) is 0 Å². The van der Waals surface area contributed by atoms with Gasteiger partial charge in [-0.3, -0.25) is 0 Å². The molecule has 0 spiro atoms. The highest BCUT2D eigenvalue weighted by Gasteiger charge is 2.23. The number of thiophene rings is 4. The van der Waals surface area contributed by atoms with Crippen LogP contribution in [0.25, 0.3) is 215 Å². The monoisotopic (exact) mass is 1370 g/mol. The number of nitrogens with zero attached hydrogens (tertiary/aromatic N) is 8. The summed E-state index contributed by atoms with van der Waals surface area (Å²) in [4.78, 5) is 30.8. The minimum absolute atomic E-state index is 0.620. The molecule has 0 aliphatic heterocycles. The van der Waals surface area contributed by atoms with Crippen LogP contribution in [0.15, 0.2) is 303 Å². The molecule has 102 heavy (non-hydrogen) atoms. The van der Waals surface area contributed by atoms with Crippen molar-refractivity contribution >= 4 is 170 Å². The maximum absolute atomic E-state index is 5.29. The Labute approximate surface area is 598 Å². The summed E-state index contributed by atoms with van der Waals surface area (Å²) in [5.74, 6) is 3.84. The Bertz CT molecular complexity index is 7140. The number of rotatable bonds is 9. The number of para-hydroxylation sites is 3. The second-order valence-electron chi connectivity index (χ2n) is 26.1. The summed E-state index contributed by atoms with van der Waals surface area (Å²) in [5, 5.41) is 15.1. The van der Waals surface area contributed by atoms with Crippen LogP contribution in [-0.4, -0.2) is 39.0 Å². The zero-order valence-electron chi connectivity index (χ0n) is 54.1. The van der Waals surface area contributed by atoms with E-state index < -0.39 is 0 Å². The standard InChI is InChI=1S/C90H50N8S4/c1-4-16-52(17-5-1)85-91-86(53-18-6-2-7-19-53)94-90(93-85)58-34-39-71-78(48-58)99-76-45-44-68-66-40-36-60(50-79(66)100-82(68)81(71)76)98-74-27-15-12-24-63(74)64-37-32-56(46-75(64)98)51-28-30-55(31-29-51)88-92-87(54-20-8-3-9-21-54)95-89(96-88)57-33-38-65-69-42-43-70-67-41-35-59(49-80(67)102-84(70)83(69)101-77(65)47-57)97-72-25-13-10-22-61(72)62-23-11-14-26-73(62)97/h1-50H. The van der Waals surface area contributed by atoms with E-state index in [0.717, 1.165) is 61.2 Å². The van der Waals surface area contributed by atoms with Gasteiger partial charge in [-0.05, 0) is 77.9 Å². The van der Waals surface area contributed by atoms with Crippen LogP contribution >= 0.6 is 45.3 Å². The molecule has 0 N–H and O–H groups in total. The van der Waals surface area contributed by atoms with Crippen LogP contribution in [0.3, 0.4) is 0 Å². The summed E-state index contributed by atoms with van der Waals surface area (Å²) in [6.45, 7) is 0. The van der Waals surface area contributed by atoms with Gasteiger partial charge in [-0.15, -0.1) is 45.3 Å². The second kappa shape index (κ2) is 22.5. The first-order valence-corrected chi connectivity index (χ1v) is 37.2. The molecule has 0 radical (unpaired) electrons. The Morgan fingerprint density at radius 2 is 0.510 bits per heavy atom. The molecule has 0 aliphatic rings. The molecule has 0 saturated heterocycles. The minimum atomic E-state index is 0.620. The van der Waals surface area contributed by atoms with Gasteiger partial charge < -0.3 is 9.13 Å². The maximum Gasteiger partial charge on any atom is 0.164 e. The first kappa shape index (κ1) is 57.5. The molecular formula is C90H50N8S4. The van der Waals surface area contributed by atoms with Crippen LogP contribution in [0.2, 0.25) is 0 Å². The van der Waals surface area contributed by atoms with Gasteiger partial charge in [0.05, 0.1) is 31.5 Å². The Balaban J connectivity index is 0.598. The molecule has 22 rings (SSSR count). The molecule has 0 atom stereocenters. The predicted molar refractivity (Wildman–Crippen MR) is 431 cm³/mol. The van der Waals surface area contributed by atoms with Gasteiger partial charge in [-0.25, -0.2) is 29.9 Å². The lowest BCUT2D eigenvalue weighted by molar-refractivity contribution is 1.07. The molecule has 8 heterocycles. The fourth-order valence-corrected chi connectivity index (χ4v) is 20.6. The molecule has 14 aromatic carbocycles. The van der Waals surface area contributed by atoms with Gasteiger partial charge in [-0.1, -0.05) is 237 Å². The Hall–Kier alpha value is -12.4. The molecule has 12 heteroatoms. The molecule has 0 unspecified atom stereocenters. The van der Waals surface area contributed by atoms with Crippen molar-refractivity contribution in [2.75, 3.05) is 0 Å². The third-order valence-corrected chi connectivity index (χ3v) is 25.1. The lowest BCUT2D eigenvalue weighted by atomic mass is 10.0. The van der Waals surface area contributed by atoms with E-state index in [-0.39, 0.29) is 0 Å². The van der Waals surface area contributed by atoms with E-state index in [1.165, 1.54) is 119 Å². The van der Waals surface area contributed by atoms with Crippen LogP contribution < -0.4 is 0 Å². The topological polar surface area (TPSA) is 87.2 Å². The molecule has 0 fully saturated rings. The Morgan fingerprint density at radius 3 is 1.01 bits per heavy atom. The molecule has 474 valence electrons. The summed E-state index contributed by atoms with van der Waals surface area (Å²) in [5.41, 5.74) is 14.9. The molecule has 8 nitrogen and oxygen atoms in total. The highest BCUT2D eigenvalue weighted by Crippen LogP contribution is 2.49. The first-order valence-electron chi connectivity index (χ1n) is 34.0. The quantitative estimate of drug-likeness (QED) is 0.143. The summed E-state index contributed by atoms with van der Waals surface area (Å²) >= 11 is 7.44. The van der Waals surface area contributed by atoms with Crippen LogP contribution in [0.1, 0.15) is 0 Å². The number of fused-ring (bicyclic) bond motifs is 20. The van der Waals surface area contributed by atoms with E-state index in [9.17, 15) is 0 Å². The van der Waals surface area contributed by atoms with Crippen molar-refractivity contribution < 1.29 is 0 Å². The van der Waals surface area contributed by atoms with Crippen molar-refractivity contribution in [2.24, 2.45) is 0 Å². The summed E-state index contributed by atoms with van der Waals surface area (Å²) in [7, 11) is 0. The zero-order valence-corrected chi connectivity index (χ0v) is 57.3. The van der Waals surface area contributed by atoms with Crippen molar-refractivity contribution in [2.45, 2.75) is 0 Å². The van der Waals surface area contributed by atoms with E-state index in [4.69, 9.17) is 29.9 Å². The van der Waals surface area contributed by atoms with Crippen molar-refractivity contribution in [3.05, 3.63) is 303 Å². The van der Waals surface area contributed by atoms with Gasteiger partial charge in [-0.2, -0.15) is 0 Å². The summed E-state index contributed by atoms with van der Waals surface area (Å²) in [6.07, 6.45) is 0. The third kappa shape index (κ3) is 9.03. The average Bonchev–Trinajstić information content (AvgIpc) is 1.57. The van der Waals surface area contributed by atoms with Crippen molar-refractivity contribution in [1.82, 2.24) is 39.0 Å². The normalized spacial score (nSPS) is 12.1. The van der Waals surface area contributed by atoms with Crippen LogP contribution in [0, 0.1) is 0 Å². The average molecular weight is 1370 g/mol. The Morgan fingerprint density at radius 1 is 0.186 bits per heavy atom. The maximum atomic E-state index is 5.29. The van der Waals surface area contributed by atoms with Crippen molar-refractivity contribution in [3.63, 3.8) is 0 Å². The largest absolute Gasteiger partial charge is 0.309 e. The molecule has 8 aromatic heterocycles. The van der Waals surface area contributed by atoms with Gasteiger partial charge in [0.1, 0.15) is 0 Å². The second-order valence-corrected chi connectivity index (χ2v) is 30.3. The number of hydrogen-bond donors (Lipinski definition) is 0. The lowest BCUT2D eigenvalue weighted by Gasteiger charge is -2.10. The number of benzene rings is 14. The van der Waals surface area contributed by atoms with Gasteiger partial charge >= 0.3 is 0 Å². The smallest absolute Gasteiger partial charge is 0.164 e. The van der Waals surface area contributed by atoms with Crippen LogP contribution in [0.5, 0.6) is 0 Å². The van der Waals surface area contributed by atoms with E-state index in [0.29, 0.717) is 34.9 Å². The van der Waals surface area contributed by atoms with E-state index in [2.05, 4.69) is 258 Å². The number of aromatic nitrogens is 8. The van der Waals surface area contributed by atoms with Gasteiger partial charge in [0.2, 0.25) is 0 Å². The first-order chi connectivity index (χ1) is 50.5. The lowest BCUT2D eigenvalue weighted by Crippen LogP contribution is -2.00. The minimum Gasteiger partial charge on any atom is -0.309 e. The van der Waals surface area contributed by atoms with E-state index in [1.54, 1.807) is 0 Å². The molecule has 0 saturated carbocycles. The van der Waals surface area contributed by atoms with Crippen LogP contribution in [0.4, 0.5) is 0 Å². The molecule has 22 aromatic rings. The zero-order chi connectivity index (χ0) is 66.7. The van der Waals surface area contributed by atoms with Crippen LogP contribution in [-0.2, 0) is 0 Å². The SMILES string of the molecule is c1ccc(-c2nc(-c3ccc(-c4ccc5c6ccccc6n(-c6ccc7c(c6)sc6c7ccc7sc8cc(-c9nc(-c%10ccccc%10)nc(-c%10ccccc%10)n9)ccc8c76)c5c4)cc3)nc(-c3ccc4c(c3)sc3c4ccc4c5ccc(-n6c7ccccc7c7ccccc76)cc5sc43)n2)cc1. The predicted octanol–water partition coefficient (Wildman–Crippen LogP) is 25.4. The Kier molecular flexibility index (Phi) is 12.7. The summed E-state index contributed by atoms with van der Waals surface area (Å²) < 4.78 is 14.9. The molecule has 0 bridgehead atoms. The molecular weight excluding hydrogens is 1320 g/mol. The fourth-order valence-electron chi connectivity index (χ4n) is 15.4. The number of hydrogen-bond acceptors (Lipinski definition) is 10. The van der Waals surface area contributed by atoms with E-state index in [1.807, 2.05) is 99.9 Å². The van der Waals surface area contributed by atoms with Crippen molar-refractivity contribution in [3.8, 4) is 90.8 Å². The summed E-state index contributed by atoms with van der Waals surface area (Å²) in [6, 6.07) is 109. The molecule has 0 aliphatic carbocycles. The van der Waals surface area contributed by atoms with Gasteiger partial charge in [0.25, 0.3) is 0 Å². The highest BCUT2D eigenvalue weighted by atomic mass is 32.1. The third-order valence-electron chi connectivity index (χ3n) is 20.3. The van der Waals surface area contributed by atoms with Gasteiger partial charge in [0.15, 0.2) is 34.9 Å². The molecule has 0 amide bonds. The van der Waals surface area contributed by atoms with E-state index >= 15 is 0 Å². The highest BCUT2D eigenvalue weighted by molar-refractivity contribution is 7.33. The van der Waals surface area contributed by atoms with Gasteiger partial charge in [0, 0.05) is 138 Å².